The van der Waals surface area contributed by atoms with Crippen LogP contribution in [0.15, 0.2) is 0 Å². The van der Waals surface area contributed by atoms with Crippen molar-refractivity contribution in [1.82, 2.24) is 0 Å². The standard InChI is InChI=1S/2C10H15.Pb/c2*1-6-7(2)9(4)10(5)8(6)3;/h2*1-5H3;/q2*-1;+2. The molecule has 0 bridgehead atoms. The first kappa shape index (κ1) is 20.6. The molecule has 0 aromatic heterocycles. The van der Waals surface area contributed by atoms with E-state index < -0.39 is 0 Å². The van der Waals surface area contributed by atoms with Crippen LogP contribution in [0.1, 0.15) is 55.6 Å². The van der Waals surface area contributed by atoms with Crippen molar-refractivity contribution < 1.29 is 0 Å². The monoisotopic (exact) mass is 478 g/mol. The largest absolute Gasteiger partial charge is 2.00 e. The number of rotatable bonds is 0. The van der Waals surface area contributed by atoms with Crippen molar-refractivity contribution in [3.8, 4) is 0 Å². The predicted octanol–water partition coefficient (Wildman–Crippen LogP) is 5.51. The van der Waals surface area contributed by atoms with Crippen LogP contribution in [0.4, 0.5) is 0 Å². The Morgan fingerprint density at radius 1 is 0.429 bits per heavy atom. The summed E-state index contributed by atoms with van der Waals surface area (Å²) in [7, 11) is 0. The Kier molecular flexibility index (Phi) is 7.62. The van der Waals surface area contributed by atoms with E-state index in [4.69, 9.17) is 0 Å². The minimum atomic E-state index is 0. The summed E-state index contributed by atoms with van der Waals surface area (Å²) in [5.41, 5.74) is 14.7. The zero-order valence-corrected chi connectivity index (χ0v) is 19.4. The van der Waals surface area contributed by atoms with Crippen LogP contribution in [0.2, 0.25) is 0 Å². The molecular formula is C20H30Pb. The van der Waals surface area contributed by atoms with E-state index in [0.717, 1.165) is 0 Å². The van der Waals surface area contributed by atoms with E-state index in [9.17, 15) is 0 Å². The first-order chi connectivity index (χ1) is 9.11. The minimum absolute atomic E-state index is 0. The van der Waals surface area contributed by atoms with Gasteiger partial charge in [-0.2, -0.15) is 55.6 Å². The van der Waals surface area contributed by atoms with Crippen molar-refractivity contribution in [1.29, 1.82) is 0 Å². The van der Waals surface area contributed by atoms with Gasteiger partial charge in [0.2, 0.25) is 0 Å². The minimum Gasteiger partial charge on any atom is -0.196 e. The molecule has 0 atom stereocenters. The SMILES string of the molecule is Cc1c(C)c(C)[c-](C)c1C.Cc1c(C)c(C)[c-](C)c1C.[Pb+2]. The van der Waals surface area contributed by atoms with Crippen molar-refractivity contribution in [2.75, 3.05) is 0 Å². The molecule has 0 nitrogen and oxygen atoms in total. The van der Waals surface area contributed by atoms with E-state index in [2.05, 4.69) is 69.2 Å². The molecule has 0 aliphatic carbocycles. The van der Waals surface area contributed by atoms with E-state index in [0.29, 0.717) is 0 Å². The van der Waals surface area contributed by atoms with Crippen LogP contribution in [-0.4, -0.2) is 27.3 Å². The molecule has 0 saturated carbocycles. The van der Waals surface area contributed by atoms with Gasteiger partial charge in [-0.05, 0) is 0 Å². The molecule has 2 aromatic rings. The smallest absolute Gasteiger partial charge is 0.196 e. The van der Waals surface area contributed by atoms with Gasteiger partial charge < -0.3 is 0 Å². The summed E-state index contributed by atoms with van der Waals surface area (Å²) in [5.74, 6) is 0. The second kappa shape index (κ2) is 7.75. The van der Waals surface area contributed by atoms with Gasteiger partial charge in [-0.1, -0.05) is 69.2 Å². The van der Waals surface area contributed by atoms with Gasteiger partial charge in [-0.25, -0.2) is 0 Å². The molecule has 2 aromatic carbocycles. The number of hydrogen-bond acceptors (Lipinski definition) is 0. The molecule has 2 radical (unpaired) electrons. The van der Waals surface area contributed by atoms with Gasteiger partial charge in [0.15, 0.2) is 0 Å². The molecule has 21 heavy (non-hydrogen) atoms. The Morgan fingerprint density at radius 3 is 0.619 bits per heavy atom. The normalized spacial score (nSPS) is 10.0. The van der Waals surface area contributed by atoms with E-state index in [1.807, 2.05) is 0 Å². The van der Waals surface area contributed by atoms with Crippen LogP contribution in [-0.2, 0) is 0 Å². The van der Waals surface area contributed by atoms with Gasteiger partial charge in [-0.3, -0.25) is 0 Å². The quantitative estimate of drug-likeness (QED) is 0.347. The van der Waals surface area contributed by atoms with Crippen LogP contribution in [0.5, 0.6) is 0 Å². The molecule has 0 fully saturated rings. The van der Waals surface area contributed by atoms with E-state index >= 15 is 0 Å². The molecule has 0 N–H and O–H groups in total. The van der Waals surface area contributed by atoms with Crippen molar-refractivity contribution in [3.63, 3.8) is 0 Å². The first-order valence-electron chi connectivity index (χ1n) is 7.50. The Bertz CT molecular complexity index is 404. The molecule has 0 heterocycles. The topological polar surface area (TPSA) is 0 Å². The Labute approximate surface area is 151 Å². The van der Waals surface area contributed by atoms with Crippen molar-refractivity contribution in [2.45, 2.75) is 69.2 Å². The van der Waals surface area contributed by atoms with Crippen LogP contribution in [0.3, 0.4) is 0 Å². The van der Waals surface area contributed by atoms with Crippen LogP contribution in [0.25, 0.3) is 0 Å². The van der Waals surface area contributed by atoms with Gasteiger partial charge in [0.25, 0.3) is 0 Å². The van der Waals surface area contributed by atoms with E-state index in [1.165, 1.54) is 55.6 Å². The fraction of sp³-hybridized carbons (Fsp3) is 0.500. The zero-order valence-electron chi connectivity index (χ0n) is 15.5. The Balaban J connectivity index is 0.000000364. The second-order valence-electron chi connectivity index (χ2n) is 6.25. The average molecular weight is 478 g/mol. The molecule has 0 amide bonds. The summed E-state index contributed by atoms with van der Waals surface area (Å²) in [6.45, 7) is 22.0. The molecule has 114 valence electrons. The van der Waals surface area contributed by atoms with Crippen molar-refractivity contribution >= 4 is 27.3 Å². The van der Waals surface area contributed by atoms with Gasteiger partial charge in [0.05, 0.1) is 0 Å². The van der Waals surface area contributed by atoms with Crippen molar-refractivity contribution in [3.05, 3.63) is 55.6 Å². The summed E-state index contributed by atoms with van der Waals surface area (Å²) >= 11 is 0. The van der Waals surface area contributed by atoms with Gasteiger partial charge in [0.1, 0.15) is 0 Å². The molecule has 0 unspecified atom stereocenters. The second-order valence-corrected chi connectivity index (χ2v) is 6.25. The van der Waals surface area contributed by atoms with Crippen LogP contribution >= 0.6 is 0 Å². The van der Waals surface area contributed by atoms with Gasteiger partial charge in [-0.15, -0.1) is 0 Å². The maximum absolute atomic E-state index is 2.20. The van der Waals surface area contributed by atoms with Gasteiger partial charge in [0, 0.05) is 0 Å². The summed E-state index contributed by atoms with van der Waals surface area (Å²) in [6.07, 6.45) is 0. The maximum atomic E-state index is 2.20. The third kappa shape index (κ3) is 3.88. The summed E-state index contributed by atoms with van der Waals surface area (Å²) in [6, 6.07) is 0. The van der Waals surface area contributed by atoms with E-state index in [1.54, 1.807) is 0 Å². The molecule has 0 spiro atoms. The molecule has 2 rings (SSSR count). The maximum Gasteiger partial charge on any atom is 2.00 e. The first-order valence-corrected chi connectivity index (χ1v) is 7.50. The zero-order chi connectivity index (χ0) is 15.8. The number of hydrogen-bond donors (Lipinski definition) is 0. The average Bonchev–Trinajstić information content (AvgIpc) is 2.71. The molecule has 0 saturated heterocycles. The summed E-state index contributed by atoms with van der Waals surface area (Å²) in [4.78, 5) is 0. The third-order valence-corrected chi connectivity index (χ3v) is 5.62. The molecule has 0 aliphatic heterocycles. The summed E-state index contributed by atoms with van der Waals surface area (Å²) < 4.78 is 0. The van der Waals surface area contributed by atoms with Gasteiger partial charge >= 0.3 is 27.3 Å². The van der Waals surface area contributed by atoms with Crippen LogP contribution < -0.4 is 0 Å². The fourth-order valence-electron chi connectivity index (χ4n) is 2.81. The fourth-order valence-corrected chi connectivity index (χ4v) is 2.81. The Morgan fingerprint density at radius 2 is 0.571 bits per heavy atom. The predicted molar refractivity (Wildman–Crippen MR) is 97.2 cm³/mol. The summed E-state index contributed by atoms with van der Waals surface area (Å²) in [5, 5.41) is 0. The van der Waals surface area contributed by atoms with Crippen LogP contribution in [0, 0.1) is 69.2 Å². The Hall–Kier alpha value is -0.378. The third-order valence-electron chi connectivity index (χ3n) is 5.62. The molecule has 1 heteroatoms. The molecular weight excluding hydrogens is 447 g/mol. The van der Waals surface area contributed by atoms with E-state index in [-0.39, 0.29) is 27.3 Å². The van der Waals surface area contributed by atoms with Crippen molar-refractivity contribution in [2.24, 2.45) is 0 Å². The molecule has 0 aliphatic rings.